The molecule has 0 aromatic rings. The van der Waals surface area contributed by atoms with Crippen LogP contribution in [0.15, 0.2) is 0 Å². The van der Waals surface area contributed by atoms with Crippen LogP contribution in [0.1, 0.15) is 59.3 Å². The zero-order chi connectivity index (χ0) is 35.4. The summed E-state index contributed by atoms with van der Waals surface area (Å²) in [6, 6.07) is -7.67. The lowest BCUT2D eigenvalue weighted by molar-refractivity contribution is -0.142. The second kappa shape index (κ2) is 23.2. The van der Waals surface area contributed by atoms with Gasteiger partial charge in [0.25, 0.3) is 0 Å². The van der Waals surface area contributed by atoms with Gasteiger partial charge in [-0.15, -0.1) is 0 Å². The minimum Gasteiger partial charge on any atom is -0.480 e. The second-order valence-corrected chi connectivity index (χ2v) is 11.5. The maximum absolute atomic E-state index is 12.7. The fraction of sp³-hybridized carbons (Fsp3) is 0.741. The van der Waals surface area contributed by atoms with Crippen LogP contribution >= 0.6 is 25.3 Å². The van der Waals surface area contributed by atoms with Gasteiger partial charge in [0, 0.05) is 11.5 Å². The van der Waals surface area contributed by atoms with Crippen LogP contribution in [-0.4, -0.2) is 113 Å². The number of thiol groups is 2. The minimum absolute atomic E-state index is 0.0646. The molecule has 0 aromatic carbocycles. The lowest BCUT2D eigenvalue weighted by Gasteiger charge is -2.24. The molecule has 0 spiro atoms. The molecule has 0 rings (SSSR count). The van der Waals surface area contributed by atoms with Crippen LogP contribution in [0.4, 0.5) is 0 Å². The minimum atomic E-state index is -1.23. The number of hydrogen-bond donors (Lipinski definition) is 12. The van der Waals surface area contributed by atoms with Crippen molar-refractivity contribution in [3.63, 3.8) is 0 Å². The van der Waals surface area contributed by atoms with Crippen molar-refractivity contribution in [1.29, 1.82) is 0 Å². The van der Waals surface area contributed by atoms with Gasteiger partial charge in [-0.25, -0.2) is 4.79 Å². The van der Waals surface area contributed by atoms with Gasteiger partial charge in [-0.1, -0.05) is 6.42 Å². The Balaban J connectivity index is 4.95. The van der Waals surface area contributed by atoms with E-state index < -0.39 is 83.7 Å². The second-order valence-electron chi connectivity index (χ2n) is 10.8. The van der Waals surface area contributed by atoms with Crippen LogP contribution in [0.25, 0.3) is 0 Å². The van der Waals surface area contributed by atoms with Crippen LogP contribution < -0.4 is 49.1 Å². The number of unbranched alkanes of at least 4 members (excludes halogenated alkanes) is 2. The zero-order valence-corrected chi connectivity index (χ0v) is 28.3. The Labute approximate surface area is 280 Å². The van der Waals surface area contributed by atoms with Crippen molar-refractivity contribution in [3.8, 4) is 0 Å². The van der Waals surface area contributed by atoms with E-state index in [1.165, 1.54) is 20.8 Å². The monoisotopic (exact) mass is 693 g/mol. The lowest BCUT2D eigenvalue weighted by atomic mass is 10.1. The molecule has 17 nitrogen and oxygen atoms in total. The highest BCUT2D eigenvalue weighted by atomic mass is 32.1. The molecule has 0 aliphatic carbocycles. The number of amides is 6. The Morgan fingerprint density at radius 3 is 1.30 bits per heavy atom. The van der Waals surface area contributed by atoms with Gasteiger partial charge >= 0.3 is 5.97 Å². The molecule has 0 bridgehead atoms. The number of hydrogen-bond acceptors (Lipinski definition) is 12. The lowest BCUT2D eigenvalue weighted by Crippen LogP contribution is -2.58. The maximum atomic E-state index is 12.7. The van der Waals surface area contributed by atoms with Crippen LogP contribution in [0, 0.1) is 0 Å². The molecule has 7 atom stereocenters. The molecule has 0 saturated carbocycles. The molecule has 0 saturated heterocycles. The van der Waals surface area contributed by atoms with E-state index >= 15 is 0 Å². The van der Waals surface area contributed by atoms with Gasteiger partial charge < -0.3 is 54.2 Å². The molecular weight excluding hydrogens is 642 g/mol. The summed E-state index contributed by atoms with van der Waals surface area (Å²) >= 11 is 8.15. The Morgan fingerprint density at radius 2 is 0.891 bits per heavy atom. The van der Waals surface area contributed by atoms with E-state index in [9.17, 15) is 38.7 Å². The largest absolute Gasteiger partial charge is 0.480 e. The first-order chi connectivity index (χ1) is 21.6. The van der Waals surface area contributed by atoms with Crippen molar-refractivity contribution in [2.45, 2.75) is 102 Å². The fourth-order valence-electron chi connectivity index (χ4n) is 3.81. The quantitative estimate of drug-likeness (QED) is 0.0368. The molecule has 6 amide bonds. The van der Waals surface area contributed by atoms with Gasteiger partial charge in [-0.2, -0.15) is 25.3 Å². The first-order valence-electron chi connectivity index (χ1n) is 15.1. The van der Waals surface area contributed by atoms with Gasteiger partial charge in [0.15, 0.2) is 0 Å². The molecular formula is C27H51N9O8S2. The van der Waals surface area contributed by atoms with Gasteiger partial charge in [0.05, 0.1) is 6.04 Å². The van der Waals surface area contributed by atoms with Crippen LogP contribution in [0.5, 0.6) is 0 Å². The summed E-state index contributed by atoms with van der Waals surface area (Å²) in [5.41, 5.74) is 16.7. The molecule has 19 heteroatoms. The third kappa shape index (κ3) is 16.4. The highest BCUT2D eigenvalue weighted by Crippen LogP contribution is 2.03. The number of aliphatic carboxylic acids is 1. The molecule has 0 fully saturated rings. The Hall–Kier alpha value is -3.13. The van der Waals surface area contributed by atoms with E-state index in [-0.39, 0.29) is 17.9 Å². The Kier molecular flexibility index (Phi) is 21.6. The standard InChI is InChI=1S/C27H51N9O8S2/c1-14(31-22(38)15(2)33-25(41)19(12-45)36-24(40)17(30)8-4-6-10-28)21(37)32-16(3)23(39)35-20(13-46)26(42)34-18(27(43)44)9-5-7-11-29/h14-20,45-46H,4-13,28-30H2,1-3H3,(H,31,38)(H,32,37)(H,33,41)(H,34,42)(H,35,39)(H,36,40)(H,43,44)/t14-,15-,16-,17-,18-,19-,20-/m0/s1. The van der Waals surface area contributed by atoms with Crippen molar-refractivity contribution in [2.75, 3.05) is 24.6 Å². The molecule has 0 aliphatic rings. The van der Waals surface area contributed by atoms with E-state index in [0.29, 0.717) is 45.2 Å². The number of rotatable bonds is 23. The summed E-state index contributed by atoms with van der Waals surface area (Å²) in [6.07, 6.45) is 2.95. The number of carbonyl (C=O) groups excluding carboxylic acids is 6. The van der Waals surface area contributed by atoms with Crippen molar-refractivity contribution in [1.82, 2.24) is 31.9 Å². The number of carboxylic acid groups (broad SMARTS) is 1. The normalized spacial score (nSPS) is 15.5. The van der Waals surface area contributed by atoms with Crippen LogP contribution in [0.2, 0.25) is 0 Å². The van der Waals surface area contributed by atoms with Crippen LogP contribution in [0.3, 0.4) is 0 Å². The number of nitrogens with one attached hydrogen (secondary N) is 6. The highest BCUT2D eigenvalue weighted by molar-refractivity contribution is 7.80. The third-order valence-electron chi connectivity index (χ3n) is 6.75. The predicted molar refractivity (Wildman–Crippen MR) is 178 cm³/mol. The molecule has 46 heavy (non-hydrogen) atoms. The maximum Gasteiger partial charge on any atom is 0.326 e. The topological polar surface area (TPSA) is 290 Å². The van der Waals surface area contributed by atoms with Crippen molar-refractivity contribution in [3.05, 3.63) is 0 Å². The van der Waals surface area contributed by atoms with Crippen molar-refractivity contribution >= 4 is 66.7 Å². The first-order valence-corrected chi connectivity index (χ1v) is 16.3. The average Bonchev–Trinajstić information content (AvgIpc) is 3.01. The molecule has 0 aromatic heterocycles. The zero-order valence-electron chi connectivity index (χ0n) is 26.5. The van der Waals surface area contributed by atoms with E-state index in [1.807, 2.05) is 0 Å². The molecule has 0 unspecified atom stereocenters. The van der Waals surface area contributed by atoms with Crippen molar-refractivity contribution < 1.29 is 38.7 Å². The first kappa shape index (κ1) is 42.9. The fourth-order valence-corrected chi connectivity index (χ4v) is 4.33. The summed E-state index contributed by atoms with van der Waals surface area (Å²) in [5.74, 6) is -5.65. The van der Waals surface area contributed by atoms with Crippen molar-refractivity contribution in [2.24, 2.45) is 17.2 Å². The number of carboxylic acids is 1. The third-order valence-corrected chi connectivity index (χ3v) is 7.49. The summed E-state index contributed by atoms with van der Waals surface area (Å²) in [5, 5.41) is 23.9. The number of carbonyl (C=O) groups is 7. The number of nitrogens with two attached hydrogens (primary N) is 3. The van der Waals surface area contributed by atoms with Crippen LogP contribution in [-0.2, 0) is 33.6 Å². The van der Waals surface area contributed by atoms with Gasteiger partial charge in [-0.3, -0.25) is 28.8 Å². The Bertz CT molecular complexity index is 1040. The highest BCUT2D eigenvalue weighted by Gasteiger charge is 2.29. The Morgan fingerprint density at radius 1 is 0.543 bits per heavy atom. The molecule has 0 aliphatic heterocycles. The molecule has 13 N–H and O–H groups in total. The summed E-state index contributed by atoms with van der Waals surface area (Å²) in [4.78, 5) is 87.1. The predicted octanol–water partition coefficient (Wildman–Crippen LogP) is -3.52. The summed E-state index contributed by atoms with van der Waals surface area (Å²) < 4.78 is 0. The van der Waals surface area contributed by atoms with E-state index in [1.54, 1.807) is 0 Å². The van der Waals surface area contributed by atoms with E-state index in [2.05, 4.69) is 57.2 Å². The summed E-state index contributed by atoms with van der Waals surface area (Å²) in [6.45, 7) is 4.92. The smallest absolute Gasteiger partial charge is 0.326 e. The van der Waals surface area contributed by atoms with Gasteiger partial charge in [-0.05, 0) is 66.0 Å². The van der Waals surface area contributed by atoms with E-state index in [0.717, 1.165) is 0 Å². The van der Waals surface area contributed by atoms with Gasteiger partial charge in [0.1, 0.15) is 36.3 Å². The molecule has 0 heterocycles. The molecule has 264 valence electrons. The van der Waals surface area contributed by atoms with Gasteiger partial charge in [0.2, 0.25) is 35.4 Å². The SMILES string of the molecule is C[C@H](NC(=O)[C@H](C)NC(=O)[C@H](CS)NC(=O)[C@@H](N)CCCCN)C(=O)N[C@@H](C)C(=O)N[C@@H](CS)C(=O)N[C@@H](CCCCN)C(=O)O. The molecule has 0 radical (unpaired) electrons. The van der Waals surface area contributed by atoms with E-state index in [4.69, 9.17) is 17.2 Å². The summed E-state index contributed by atoms with van der Waals surface area (Å²) in [7, 11) is 0. The average molecular weight is 694 g/mol.